The minimum Gasteiger partial charge on any atom is -0.384 e. The molecule has 1 aliphatic heterocycles. The summed E-state index contributed by atoms with van der Waals surface area (Å²) in [4.78, 5) is 14.4. The molecular weight excluding hydrogens is 274 g/mol. The molecule has 0 unspecified atom stereocenters. The number of hydrogen-bond donors (Lipinski definition) is 0. The van der Waals surface area contributed by atoms with Crippen molar-refractivity contribution in [3.8, 4) is 0 Å². The van der Waals surface area contributed by atoms with E-state index in [4.69, 9.17) is 4.74 Å². The lowest BCUT2D eigenvalue weighted by atomic mass is 9.98. The van der Waals surface area contributed by atoms with Crippen molar-refractivity contribution in [2.45, 2.75) is 45.4 Å². The summed E-state index contributed by atoms with van der Waals surface area (Å²) in [6.45, 7) is 4.73. The van der Waals surface area contributed by atoms with Crippen LogP contribution in [0.5, 0.6) is 0 Å². The summed E-state index contributed by atoms with van der Waals surface area (Å²) in [6, 6.07) is 8.77. The first-order valence-corrected chi connectivity index (χ1v) is 8.57. The van der Waals surface area contributed by atoms with Gasteiger partial charge in [0.05, 0.1) is 6.61 Å². The molecule has 0 spiro atoms. The number of carbonyl (C=O) groups excluding carboxylic acids is 1. The van der Waals surface area contributed by atoms with Gasteiger partial charge in [-0.1, -0.05) is 31.2 Å². The van der Waals surface area contributed by atoms with Crippen LogP contribution in [0.2, 0.25) is 0 Å². The lowest BCUT2D eigenvalue weighted by molar-refractivity contribution is -0.133. The highest BCUT2D eigenvalue weighted by molar-refractivity contribution is 5.76. The number of methoxy groups -OCH3 is 1. The van der Waals surface area contributed by atoms with Gasteiger partial charge in [0.25, 0.3) is 0 Å². The Labute approximate surface area is 134 Å². The van der Waals surface area contributed by atoms with E-state index < -0.39 is 0 Å². The van der Waals surface area contributed by atoms with Crippen LogP contribution in [0.4, 0.5) is 0 Å². The molecule has 0 bridgehead atoms. The first-order valence-electron chi connectivity index (χ1n) is 8.57. The SMILES string of the molecule is CCc1ccc(CCCC(=O)N2CCC[C@H](COC)C2)cc1. The monoisotopic (exact) mass is 303 g/mol. The molecule has 1 heterocycles. The van der Waals surface area contributed by atoms with Gasteiger partial charge in [0.1, 0.15) is 0 Å². The first kappa shape index (κ1) is 17.0. The molecule has 1 aromatic rings. The topological polar surface area (TPSA) is 29.5 Å². The molecule has 2 rings (SSSR count). The van der Waals surface area contributed by atoms with Crippen molar-refractivity contribution < 1.29 is 9.53 Å². The van der Waals surface area contributed by atoms with Crippen LogP contribution >= 0.6 is 0 Å². The minimum absolute atomic E-state index is 0.311. The molecule has 122 valence electrons. The molecule has 3 nitrogen and oxygen atoms in total. The summed E-state index contributed by atoms with van der Waals surface area (Å²) in [7, 11) is 1.74. The second kappa shape index (κ2) is 8.94. The number of likely N-dealkylation sites (tertiary alicyclic amines) is 1. The van der Waals surface area contributed by atoms with Crippen LogP contribution < -0.4 is 0 Å². The highest BCUT2D eigenvalue weighted by Gasteiger charge is 2.22. The van der Waals surface area contributed by atoms with E-state index in [2.05, 4.69) is 31.2 Å². The van der Waals surface area contributed by atoms with E-state index in [1.54, 1.807) is 7.11 Å². The van der Waals surface area contributed by atoms with Gasteiger partial charge in [-0.25, -0.2) is 0 Å². The van der Waals surface area contributed by atoms with Crippen LogP contribution in [0.3, 0.4) is 0 Å². The van der Waals surface area contributed by atoms with Crippen molar-refractivity contribution in [2.75, 3.05) is 26.8 Å². The molecule has 1 atom stereocenters. The van der Waals surface area contributed by atoms with Gasteiger partial charge in [0, 0.05) is 26.6 Å². The van der Waals surface area contributed by atoms with Gasteiger partial charge in [-0.15, -0.1) is 0 Å². The zero-order chi connectivity index (χ0) is 15.8. The Morgan fingerprint density at radius 2 is 2.00 bits per heavy atom. The molecule has 0 aromatic heterocycles. The average Bonchev–Trinajstić information content (AvgIpc) is 2.56. The van der Waals surface area contributed by atoms with Crippen LogP contribution in [0.25, 0.3) is 0 Å². The summed E-state index contributed by atoms with van der Waals surface area (Å²) < 4.78 is 5.23. The van der Waals surface area contributed by atoms with Crippen molar-refractivity contribution in [3.63, 3.8) is 0 Å². The smallest absolute Gasteiger partial charge is 0.222 e. The Morgan fingerprint density at radius 3 is 2.68 bits per heavy atom. The van der Waals surface area contributed by atoms with E-state index in [9.17, 15) is 4.79 Å². The van der Waals surface area contributed by atoms with E-state index in [0.717, 1.165) is 45.4 Å². The lowest BCUT2D eigenvalue weighted by Gasteiger charge is -2.32. The fourth-order valence-corrected chi connectivity index (χ4v) is 3.21. The number of hydrogen-bond acceptors (Lipinski definition) is 2. The minimum atomic E-state index is 0.311. The van der Waals surface area contributed by atoms with Crippen LogP contribution in [-0.2, 0) is 22.4 Å². The maximum Gasteiger partial charge on any atom is 0.222 e. The van der Waals surface area contributed by atoms with Gasteiger partial charge >= 0.3 is 0 Å². The second-order valence-corrected chi connectivity index (χ2v) is 6.33. The van der Waals surface area contributed by atoms with Crippen molar-refractivity contribution in [1.82, 2.24) is 4.90 Å². The highest BCUT2D eigenvalue weighted by Crippen LogP contribution is 2.18. The molecule has 22 heavy (non-hydrogen) atoms. The number of piperidine rings is 1. The average molecular weight is 303 g/mol. The van der Waals surface area contributed by atoms with Gasteiger partial charge in [-0.3, -0.25) is 4.79 Å². The van der Waals surface area contributed by atoms with E-state index in [0.29, 0.717) is 18.2 Å². The first-order chi connectivity index (χ1) is 10.7. The summed E-state index contributed by atoms with van der Waals surface area (Å²) in [5.41, 5.74) is 2.71. The maximum absolute atomic E-state index is 12.3. The fraction of sp³-hybridized carbons (Fsp3) is 0.632. The Balaban J connectivity index is 1.72. The van der Waals surface area contributed by atoms with Crippen LogP contribution in [-0.4, -0.2) is 37.6 Å². The third-order valence-electron chi connectivity index (χ3n) is 4.56. The predicted octanol–water partition coefficient (Wildman–Crippen LogP) is 3.46. The second-order valence-electron chi connectivity index (χ2n) is 6.33. The molecule has 0 radical (unpaired) electrons. The molecule has 1 amide bonds. The third-order valence-corrected chi connectivity index (χ3v) is 4.56. The van der Waals surface area contributed by atoms with Gasteiger partial charge in [-0.05, 0) is 49.1 Å². The Hall–Kier alpha value is -1.35. The van der Waals surface area contributed by atoms with Gasteiger partial charge < -0.3 is 9.64 Å². The summed E-state index contributed by atoms with van der Waals surface area (Å²) in [5, 5.41) is 0. The quantitative estimate of drug-likeness (QED) is 0.772. The summed E-state index contributed by atoms with van der Waals surface area (Å²) in [6.07, 6.45) is 5.96. The third kappa shape index (κ3) is 5.13. The Bertz CT molecular complexity index is 453. The number of ether oxygens (including phenoxy) is 1. The standard InChI is InChI=1S/C19H29NO2/c1-3-16-9-11-17(12-10-16)6-4-8-19(21)20-13-5-7-18(14-20)15-22-2/h9-12,18H,3-8,13-15H2,1-2H3/t18-/m0/s1. The normalized spacial score (nSPS) is 18.5. The van der Waals surface area contributed by atoms with E-state index in [-0.39, 0.29) is 0 Å². The molecule has 1 fully saturated rings. The van der Waals surface area contributed by atoms with Gasteiger partial charge in [0.15, 0.2) is 0 Å². The van der Waals surface area contributed by atoms with Crippen molar-refractivity contribution in [1.29, 1.82) is 0 Å². The summed E-state index contributed by atoms with van der Waals surface area (Å²) in [5.74, 6) is 0.829. The van der Waals surface area contributed by atoms with E-state index in [1.807, 2.05) is 4.90 Å². The van der Waals surface area contributed by atoms with Crippen LogP contribution in [0, 0.1) is 5.92 Å². The largest absolute Gasteiger partial charge is 0.384 e. The molecule has 1 aliphatic rings. The fourth-order valence-electron chi connectivity index (χ4n) is 3.21. The number of carbonyl (C=O) groups is 1. The number of amides is 1. The molecule has 0 aliphatic carbocycles. The van der Waals surface area contributed by atoms with Crippen molar-refractivity contribution in [3.05, 3.63) is 35.4 Å². The summed E-state index contributed by atoms with van der Waals surface area (Å²) >= 11 is 0. The van der Waals surface area contributed by atoms with Crippen molar-refractivity contribution in [2.24, 2.45) is 5.92 Å². The molecule has 0 saturated carbocycles. The maximum atomic E-state index is 12.3. The number of aryl methyl sites for hydroxylation is 2. The number of benzene rings is 1. The van der Waals surface area contributed by atoms with E-state index >= 15 is 0 Å². The van der Waals surface area contributed by atoms with E-state index in [1.165, 1.54) is 17.5 Å². The van der Waals surface area contributed by atoms with Gasteiger partial charge in [0.2, 0.25) is 5.91 Å². The predicted molar refractivity (Wildman–Crippen MR) is 89.9 cm³/mol. The zero-order valence-corrected chi connectivity index (χ0v) is 14.0. The molecule has 1 saturated heterocycles. The lowest BCUT2D eigenvalue weighted by Crippen LogP contribution is -2.41. The Kier molecular flexibility index (Phi) is 6.91. The molecule has 0 N–H and O–H groups in total. The van der Waals surface area contributed by atoms with Crippen LogP contribution in [0.15, 0.2) is 24.3 Å². The number of nitrogens with zero attached hydrogens (tertiary/aromatic N) is 1. The number of rotatable bonds is 7. The molecular formula is C19H29NO2. The molecule has 3 heteroatoms. The van der Waals surface area contributed by atoms with Crippen LogP contribution in [0.1, 0.15) is 43.7 Å². The van der Waals surface area contributed by atoms with Crippen molar-refractivity contribution >= 4 is 5.91 Å². The van der Waals surface area contributed by atoms with Gasteiger partial charge in [-0.2, -0.15) is 0 Å². The Morgan fingerprint density at radius 1 is 1.27 bits per heavy atom. The molecule has 1 aromatic carbocycles. The zero-order valence-electron chi connectivity index (χ0n) is 14.0. The highest BCUT2D eigenvalue weighted by atomic mass is 16.5.